The van der Waals surface area contributed by atoms with Crippen LogP contribution in [0.1, 0.15) is 0 Å². The Balaban J connectivity index is 3.05. The van der Waals surface area contributed by atoms with Crippen LogP contribution in [0.25, 0.3) is 0 Å². The molecule has 0 aromatic carbocycles. The number of esters is 4. The van der Waals surface area contributed by atoms with Gasteiger partial charge < -0.3 is 18.9 Å². The molecule has 1 aliphatic heterocycles. The lowest BCUT2D eigenvalue weighted by atomic mass is 10.1. The number of carbonyl (C=O) groups excluding carboxylic acids is 4. The first-order valence-electron chi connectivity index (χ1n) is 7.15. The predicted molar refractivity (Wildman–Crippen MR) is 78.8 cm³/mol. The molecule has 1 aliphatic rings. The SMILES string of the molecule is COC(=O)CN1C[C@H](C(=O)OC)N(CC(=O)OC)C[C@@H]1C(=O)OC. The summed E-state index contributed by atoms with van der Waals surface area (Å²) in [6.45, 7) is -0.400. The van der Waals surface area contributed by atoms with Crippen LogP contribution in [0.2, 0.25) is 0 Å². The van der Waals surface area contributed by atoms with E-state index in [9.17, 15) is 19.2 Å². The van der Waals surface area contributed by atoms with Gasteiger partial charge >= 0.3 is 23.9 Å². The van der Waals surface area contributed by atoms with Crippen molar-refractivity contribution in [2.24, 2.45) is 0 Å². The summed E-state index contributed by atoms with van der Waals surface area (Å²) in [5.74, 6) is -2.29. The number of ether oxygens (including phenoxy) is 4. The van der Waals surface area contributed by atoms with Gasteiger partial charge in [-0.15, -0.1) is 0 Å². The number of carbonyl (C=O) groups is 4. The van der Waals surface area contributed by atoms with E-state index in [1.807, 2.05) is 0 Å². The number of hydrogen-bond donors (Lipinski definition) is 0. The molecule has 0 unspecified atom stereocenters. The average Bonchev–Trinajstić information content (AvgIpc) is 2.60. The minimum atomic E-state index is -0.834. The Kier molecular flexibility index (Phi) is 7.59. The zero-order chi connectivity index (χ0) is 18.3. The molecule has 0 bridgehead atoms. The highest BCUT2D eigenvalue weighted by atomic mass is 16.5. The standard InChI is InChI=1S/C14H22N2O8/c1-21-11(17)7-15-5-10(14(20)24-4)16(8-12(18)22-2)6-9(15)13(19)23-3/h9-10H,5-8H2,1-4H3/t9-,10-/m1/s1. The summed E-state index contributed by atoms with van der Waals surface area (Å²) in [6.07, 6.45) is 0. The molecule has 0 aliphatic carbocycles. The lowest BCUT2D eigenvalue weighted by Gasteiger charge is -2.42. The Hall–Kier alpha value is -2.20. The van der Waals surface area contributed by atoms with E-state index in [2.05, 4.69) is 9.47 Å². The Morgan fingerprint density at radius 2 is 1.04 bits per heavy atom. The second kappa shape index (κ2) is 9.18. The molecule has 24 heavy (non-hydrogen) atoms. The summed E-state index contributed by atoms with van der Waals surface area (Å²) >= 11 is 0. The third kappa shape index (κ3) is 4.90. The maximum absolute atomic E-state index is 12.0. The molecule has 0 saturated carbocycles. The van der Waals surface area contributed by atoms with Gasteiger partial charge in [0.25, 0.3) is 0 Å². The van der Waals surface area contributed by atoms with E-state index >= 15 is 0 Å². The van der Waals surface area contributed by atoms with Crippen LogP contribution in [0.3, 0.4) is 0 Å². The zero-order valence-electron chi connectivity index (χ0n) is 14.1. The Morgan fingerprint density at radius 3 is 1.29 bits per heavy atom. The summed E-state index contributed by atoms with van der Waals surface area (Å²) in [5, 5.41) is 0. The number of piperazine rings is 1. The van der Waals surface area contributed by atoms with Crippen LogP contribution in [0.15, 0.2) is 0 Å². The van der Waals surface area contributed by atoms with E-state index in [1.54, 1.807) is 0 Å². The highest BCUT2D eigenvalue weighted by Crippen LogP contribution is 2.18. The first-order valence-corrected chi connectivity index (χ1v) is 7.15. The summed E-state index contributed by atoms with van der Waals surface area (Å²) in [4.78, 5) is 50.1. The molecule has 0 amide bonds. The topological polar surface area (TPSA) is 112 Å². The Labute approximate surface area is 139 Å². The largest absolute Gasteiger partial charge is 0.468 e. The van der Waals surface area contributed by atoms with Crippen LogP contribution >= 0.6 is 0 Å². The van der Waals surface area contributed by atoms with Crippen molar-refractivity contribution < 1.29 is 38.1 Å². The predicted octanol–water partition coefficient (Wildman–Crippen LogP) is -1.97. The quantitative estimate of drug-likeness (QED) is 0.397. The lowest BCUT2D eigenvalue weighted by Crippen LogP contribution is -2.64. The Morgan fingerprint density at radius 1 is 0.708 bits per heavy atom. The van der Waals surface area contributed by atoms with Gasteiger partial charge in [0.2, 0.25) is 0 Å². The first kappa shape index (κ1) is 19.8. The molecule has 0 aromatic rings. The molecular formula is C14H22N2O8. The molecule has 0 N–H and O–H groups in total. The van der Waals surface area contributed by atoms with Crippen LogP contribution in [0, 0.1) is 0 Å². The smallest absolute Gasteiger partial charge is 0.324 e. The van der Waals surface area contributed by atoms with Crippen molar-refractivity contribution in [2.75, 3.05) is 54.6 Å². The van der Waals surface area contributed by atoms with Crippen molar-refractivity contribution >= 4 is 23.9 Å². The van der Waals surface area contributed by atoms with Crippen LogP contribution in [-0.4, -0.2) is 100 Å². The van der Waals surface area contributed by atoms with Gasteiger partial charge in [-0.1, -0.05) is 0 Å². The number of hydrogen-bond acceptors (Lipinski definition) is 10. The van der Waals surface area contributed by atoms with Gasteiger partial charge in [-0.2, -0.15) is 0 Å². The van der Waals surface area contributed by atoms with Gasteiger partial charge in [0, 0.05) is 13.1 Å². The van der Waals surface area contributed by atoms with Crippen LogP contribution < -0.4 is 0 Å². The third-order valence-electron chi connectivity index (χ3n) is 3.76. The van der Waals surface area contributed by atoms with E-state index in [-0.39, 0.29) is 26.2 Å². The molecule has 1 heterocycles. The van der Waals surface area contributed by atoms with E-state index in [0.29, 0.717) is 0 Å². The van der Waals surface area contributed by atoms with Crippen molar-refractivity contribution in [3.63, 3.8) is 0 Å². The minimum Gasteiger partial charge on any atom is -0.468 e. The maximum Gasteiger partial charge on any atom is 0.324 e. The van der Waals surface area contributed by atoms with Gasteiger partial charge in [-0.3, -0.25) is 29.0 Å². The van der Waals surface area contributed by atoms with Crippen molar-refractivity contribution in [3.05, 3.63) is 0 Å². The van der Waals surface area contributed by atoms with Crippen LogP contribution in [0.5, 0.6) is 0 Å². The van der Waals surface area contributed by atoms with Crippen molar-refractivity contribution in [1.29, 1.82) is 0 Å². The highest BCUT2D eigenvalue weighted by molar-refractivity contribution is 5.81. The van der Waals surface area contributed by atoms with E-state index in [0.717, 1.165) is 0 Å². The average molecular weight is 346 g/mol. The maximum atomic E-state index is 12.0. The number of nitrogens with zero attached hydrogens (tertiary/aromatic N) is 2. The van der Waals surface area contributed by atoms with E-state index < -0.39 is 36.0 Å². The van der Waals surface area contributed by atoms with Gasteiger partial charge in [-0.05, 0) is 0 Å². The fraction of sp³-hybridized carbons (Fsp3) is 0.714. The summed E-state index contributed by atoms with van der Waals surface area (Å²) in [6, 6.07) is -1.67. The summed E-state index contributed by atoms with van der Waals surface area (Å²) in [7, 11) is 4.88. The van der Waals surface area contributed by atoms with Gasteiger partial charge in [0.1, 0.15) is 12.1 Å². The third-order valence-corrected chi connectivity index (χ3v) is 3.76. The molecule has 1 rings (SSSR count). The molecule has 0 spiro atoms. The fourth-order valence-corrected chi connectivity index (χ4v) is 2.46. The van der Waals surface area contributed by atoms with E-state index in [1.165, 1.54) is 38.2 Å². The number of rotatable bonds is 6. The van der Waals surface area contributed by atoms with E-state index in [4.69, 9.17) is 9.47 Å². The Bertz CT molecular complexity index is 451. The monoisotopic (exact) mass is 346 g/mol. The van der Waals surface area contributed by atoms with Crippen molar-refractivity contribution in [1.82, 2.24) is 9.80 Å². The zero-order valence-corrected chi connectivity index (χ0v) is 14.1. The second-order valence-electron chi connectivity index (χ2n) is 5.09. The van der Waals surface area contributed by atoms with Gasteiger partial charge in [-0.25, -0.2) is 0 Å². The molecule has 2 atom stereocenters. The molecule has 0 radical (unpaired) electrons. The molecule has 1 fully saturated rings. The number of methoxy groups -OCH3 is 4. The summed E-state index contributed by atoms with van der Waals surface area (Å²) in [5.41, 5.74) is 0. The van der Waals surface area contributed by atoms with Crippen molar-refractivity contribution in [3.8, 4) is 0 Å². The second-order valence-corrected chi connectivity index (χ2v) is 5.09. The molecular weight excluding hydrogens is 324 g/mol. The fourth-order valence-electron chi connectivity index (χ4n) is 2.46. The molecule has 1 saturated heterocycles. The summed E-state index contributed by atoms with van der Waals surface area (Å²) < 4.78 is 18.7. The molecule has 10 heteroatoms. The molecule has 10 nitrogen and oxygen atoms in total. The minimum absolute atomic E-state index is 0.00145. The van der Waals surface area contributed by atoms with Crippen LogP contribution in [-0.2, 0) is 38.1 Å². The molecule has 136 valence electrons. The molecule has 0 aromatic heterocycles. The lowest BCUT2D eigenvalue weighted by molar-refractivity contribution is -0.164. The normalized spacial score (nSPS) is 21.7. The van der Waals surface area contributed by atoms with Crippen molar-refractivity contribution in [2.45, 2.75) is 12.1 Å². The van der Waals surface area contributed by atoms with Gasteiger partial charge in [0.05, 0.1) is 41.5 Å². The van der Waals surface area contributed by atoms with Gasteiger partial charge in [0.15, 0.2) is 0 Å². The first-order chi connectivity index (χ1) is 11.4. The highest BCUT2D eigenvalue weighted by Gasteiger charge is 2.43. The van der Waals surface area contributed by atoms with Crippen LogP contribution in [0.4, 0.5) is 0 Å².